The number of methoxy groups -OCH3 is 1. The zero-order chi connectivity index (χ0) is 10.2. The Morgan fingerprint density at radius 3 is 3.07 bits per heavy atom. The number of unbranched alkanes of at least 4 members (excludes halogenated alkanes) is 1. The van der Waals surface area contributed by atoms with Crippen LogP contribution in [0.15, 0.2) is 12.3 Å². The Bertz CT molecular complexity index is 247. The van der Waals surface area contributed by atoms with Gasteiger partial charge >= 0.3 is 0 Å². The summed E-state index contributed by atoms with van der Waals surface area (Å²) in [6.07, 6.45) is 4.06. The summed E-state index contributed by atoms with van der Waals surface area (Å²) in [4.78, 5) is 0. The van der Waals surface area contributed by atoms with Crippen LogP contribution in [0.4, 0.5) is 0 Å². The second kappa shape index (κ2) is 6.56. The van der Waals surface area contributed by atoms with E-state index in [1.807, 2.05) is 24.0 Å². The van der Waals surface area contributed by atoms with Gasteiger partial charge in [-0.15, -0.1) is 0 Å². The van der Waals surface area contributed by atoms with E-state index in [0.29, 0.717) is 0 Å². The van der Waals surface area contributed by atoms with Crippen LogP contribution >= 0.6 is 0 Å². The highest BCUT2D eigenvalue weighted by Crippen LogP contribution is 2.01. The lowest BCUT2D eigenvalue weighted by Gasteiger charge is -2.06. The van der Waals surface area contributed by atoms with Crippen LogP contribution in [0.25, 0.3) is 0 Å². The van der Waals surface area contributed by atoms with Crippen molar-refractivity contribution in [3.63, 3.8) is 0 Å². The summed E-state index contributed by atoms with van der Waals surface area (Å²) < 4.78 is 7.04. The van der Waals surface area contributed by atoms with Gasteiger partial charge in [-0.1, -0.05) is 0 Å². The van der Waals surface area contributed by atoms with Gasteiger partial charge in [0.15, 0.2) is 0 Å². The van der Waals surface area contributed by atoms with Crippen LogP contribution < -0.4 is 5.32 Å². The van der Waals surface area contributed by atoms with Crippen LogP contribution in [0.2, 0.25) is 0 Å². The Labute approximate surface area is 85.3 Å². The molecule has 1 aromatic heterocycles. The Balaban J connectivity index is 2.30. The summed E-state index contributed by atoms with van der Waals surface area (Å²) in [6, 6.07) is 2.05. The minimum absolute atomic E-state index is 0.836. The molecule has 0 aromatic carbocycles. The van der Waals surface area contributed by atoms with Gasteiger partial charge in [0.05, 0.1) is 5.69 Å². The summed E-state index contributed by atoms with van der Waals surface area (Å²) in [5.74, 6) is 0. The highest BCUT2D eigenvalue weighted by Gasteiger charge is 1.99. The second-order valence-corrected chi connectivity index (χ2v) is 3.28. The molecule has 0 amide bonds. The number of nitrogens with one attached hydrogen (secondary N) is 1. The number of hydrogen-bond donors (Lipinski definition) is 1. The normalized spacial score (nSPS) is 10.7. The van der Waals surface area contributed by atoms with Gasteiger partial charge in [0.25, 0.3) is 0 Å². The average Bonchev–Trinajstić information content (AvgIpc) is 2.61. The van der Waals surface area contributed by atoms with Crippen molar-refractivity contribution in [2.75, 3.05) is 20.8 Å². The molecule has 0 aliphatic heterocycles. The molecule has 4 nitrogen and oxygen atoms in total. The monoisotopic (exact) mass is 197 g/mol. The fraction of sp³-hybridized carbons (Fsp3) is 0.700. The van der Waals surface area contributed by atoms with Crippen molar-refractivity contribution in [3.05, 3.63) is 18.0 Å². The van der Waals surface area contributed by atoms with Gasteiger partial charge in [-0.3, -0.25) is 4.68 Å². The molecule has 0 aliphatic rings. The van der Waals surface area contributed by atoms with Crippen molar-refractivity contribution in [3.8, 4) is 0 Å². The molecule has 0 atom stereocenters. The van der Waals surface area contributed by atoms with Gasteiger partial charge in [-0.05, 0) is 26.0 Å². The highest BCUT2D eigenvalue weighted by atomic mass is 16.5. The maximum Gasteiger partial charge on any atom is 0.0521 e. The summed E-state index contributed by atoms with van der Waals surface area (Å²) in [7, 11) is 3.68. The Morgan fingerprint density at radius 1 is 1.50 bits per heavy atom. The molecule has 80 valence electrons. The van der Waals surface area contributed by atoms with Gasteiger partial charge in [-0.25, -0.2) is 0 Å². The van der Waals surface area contributed by atoms with Gasteiger partial charge < -0.3 is 10.1 Å². The first-order valence-electron chi connectivity index (χ1n) is 5.02. The van der Waals surface area contributed by atoms with Crippen LogP contribution in [-0.2, 0) is 17.8 Å². The smallest absolute Gasteiger partial charge is 0.0521 e. The molecule has 1 heterocycles. The quantitative estimate of drug-likeness (QED) is 0.664. The maximum absolute atomic E-state index is 5.00. The topological polar surface area (TPSA) is 39.1 Å². The number of aromatic nitrogens is 2. The van der Waals surface area contributed by atoms with Crippen molar-refractivity contribution in [2.24, 2.45) is 0 Å². The lowest BCUT2D eigenvalue weighted by molar-refractivity contribution is 0.190. The molecule has 0 saturated carbocycles. The standard InChI is InChI=1S/C10H19N3O/c1-11-9-10-5-6-12-13(10)7-3-4-8-14-2/h5-6,11H,3-4,7-9H2,1-2H3. The van der Waals surface area contributed by atoms with Crippen molar-refractivity contribution in [1.82, 2.24) is 15.1 Å². The van der Waals surface area contributed by atoms with E-state index in [1.54, 1.807) is 7.11 Å². The first-order chi connectivity index (χ1) is 6.88. The molecule has 1 N–H and O–H groups in total. The lowest BCUT2D eigenvalue weighted by Crippen LogP contribution is -2.12. The van der Waals surface area contributed by atoms with E-state index in [4.69, 9.17) is 4.74 Å². The van der Waals surface area contributed by atoms with Gasteiger partial charge in [-0.2, -0.15) is 5.10 Å². The Kier molecular flexibility index (Phi) is 5.25. The van der Waals surface area contributed by atoms with Crippen LogP contribution in [0, 0.1) is 0 Å². The molecule has 0 spiro atoms. The van der Waals surface area contributed by atoms with Crippen LogP contribution in [0.5, 0.6) is 0 Å². The minimum atomic E-state index is 0.836. The lowest BCUT2D eigenvalue weighted by atomic mass is 10.3. The summed E-state index contributed by atoms with van der Waals surface area (Å²) >= 11 is 0. The largest absolute Gasteiger partial charge is 0.385 e. The van der Waals surface area contributed by atoms with E-state index < -0.39 is 0 Å². The summed E-state index contributed by atoms with van der Waals surface area (Å²) in [5, 5.41) is 7.39. The molecule has 0 radical (unpaired) electrons. The molecule has 0 saturated heterocycles. The molecular formula is C10H19N3O. The van der Waals surface area contributed by atoms with E-state index in [-0.39, 0.29) is 0 Å². The molecule has 0 bridgehead atoms. The van der Waals surface area contributed by atoms with Gasteiger partial charge in [0.1, 0.15) is 0 Å². The minimum Gasteiger partial charge on any atom is -0.385 e. The predicted molar refractivity (Wildman–Crippen MR) is 56.1 cm³/mol. The summed E-state index contributed by atoms with van der Waals surface area (Å²) in [5.41, 5.74) is 1.24. The first-order valence-corrected chi connectivity index (χ1v) is 5.02. The third-order valence-electron chi connectivity index (χ3n) is 2.13. The van der Waals surface area contributed by atoms with Crippen molar-refractivity contribution < 1.29 is 4.74 Å². The predicted octanol–water partition coefficient (Wildman–Crippen LogP) is 1.03. The first kappa shape index (κ1) is 11.2. The second-order valence-electron chi connectivity index (χ2n) is 3.28. The van der Waals surface area contributed by atoms with Crippen molar-refractivity contribution >= 4 is 0 Å². The molecule has 4 heteroatoms. The van der Waals surface area contributed by atoms with Crippen molar-refractivity contribution in [2.45, 2.75) is 25.9 Å². The molecule has 0 aliphatic carbocycles. The number of rotatable bonds is 7. The number of ether oxygens (including phenoxy) is 1. The number of nitrogens with zero attached hydrogens (tertiary/aromatic N) is 2. The van der Waals surface area contributed by atoms with Crippen LogP contribution in [0.3, 0.4) is 0 Å². The van der Waals surface area contributed by atoms with Crippen LogP contribution in [0.1, 0.15) is 18.5 Å². The number of hydrogen-bond acceptors (Lipinski definition) is 3. The fourth-order valence-electron chi connectivity index (χ4n) is 1.40. The molecule has 1 rings (SSSR count). The van der Waals surface area contributed by atoms with E-state index >= 15 is 0 Å². The summed E-state index contributed by atoms with van der Waals surface area (Å²) in [6.45, 7) is 2.69. The third kappa shape index (κ3) is 3.47. The zero-order valence-electron chi connectivity index (χ0n) is 8.99. The molecule has 1 aromatic rings. The van der Waals surface area contributed by atoms with Crippen LogP contribution in [-0.4, -0.2) is 30.5 Å². The zero-order valence-corrected chi connectivity index (χ0v) is 8.99. The van der Waals surface area contributed by atoms with Gasteiger partial charge in [0, 0.05) is 33.0 Å². The third-order valence-corrected chi connectivity index (χ3v) is 2.13. The molecule has 14 heavy (non-hydrogen) atoms. The maximum atomic E-state index is 5.00. The molecular weight excluding hydrogens is 178 g/mol. The average molecular weight is 197 g/mol. The number of aryl methyl sites for hydroxylation is 1. The van der Waals surface area contributed by atoms with E-state index in [2.05, 4.69) is 10.4 Å². The fourth-order valence-corrected chi connectivity index (χ4v) is 1.40. The van der Waals surface area contributed by atoms with E-state index in [1.165, 1.54) is 5.69 Å². The van der Waals surface area contributed by atoms with E-state index in [0.717, 1.165) is 32.5 Å². The molecule has 0 fully saturated rings. The van der Waals surface area contributed by atoms with Gasteiger partial charge in [0.2, 0.25) is 0 Å². The Morgan fingerprint density at radius 2 is 2.36 bits per heavy atom. The SMILES string of the molecule is CNCc1ccnn1CCCCOC. The Hall–Kier alpha value is -0.870. The highest BCUT2D eigenvalue weighted by molar-refractivity contribution is 4.99. The molecule has 0 unspecified atom stereocenters. The van der Waals surface area contributed by atoms with E-state index in [9.17, 15) is 0 Å². The van der Waals surface area contributed by atoms with Crippen molar-refractivity contribution in [1.29, 1.82) is 0 Å².